The van der Waals surface area contributed by atoms with Crippen LogP contribution in [0.1, 0.15) is 6.92 Å². The monoisotopic (exact) mass is 398 g/mol. The fraction of sp³-hybridized carbons (Fsp3) is 0.588. The highest BCUT2D eigenvalue weighted by molar-refractivity contribution is 9.10. The predicted molar refractivity (Wildman–Crippen MR) is 101 cm³/mol. The molecule has 0 spiro atoms. The Hall–Kier alpha value is -1.31. The normalized spacial score (nSPS) is 17.4. The minimum Gasteiger partial charge on any atom is -0.488 e. The molecule has 0 aromatic heterocycles. The molecular formula is C17H27BrN4O2. The van der Waals surface area contributed by atoms with Gasteiger partial charge in [-0.3, -0.25) is 9.89 Å². The summed E-state index contributed by atoms with van der Waals surface area (Å²) < 4.78 is 12.2. The van der Waals surface area contributed by atoms with Crippen LogP contribution in [0.2, 0.25) is 0 Å². The van der Waals surface area contributed by atoms with Crippen LogP contribution < -0.4 is 15.4 Å². The molecule has 1 fully saturated rings. The summed E-state index contributed by atoms with van der Waals surface area (Å²) in [5.41, 5.74) is 0. The molecule has 0 radical (unpaired) electrons. The first-order chi connectivity index (χ1) is 11.7. The van der Waals surface area contributed by atoms with Gasteiger partial charge in [0, 0.05) is 33.2 Å². The third-order valence-corrected chi connectivity index (χ3v) is 4.42. The molecule has 0 bridgehead atoms. The van der Waals surface area contributed by atoms with Gasteiger partial charge in [0.15, 0.2) is 5.96 Å². The number of hydrogen-bond acceptors (Lipinski definition) is 4. The van der Waals surface area contributed by atoms with Crippen LogP contribution in [0.25, 0.3) is 0 Å². The predicted octanol–water partition coefficient (Wildman–Crippen LogP) is 1.71. The highest BCUT2D eigenvalue weighted by atomic mass is 79.9. The SMILES string of the molecule is CN=C(NCCN1CCOCC1)NCC(C)Oc1ccccc1Br. The van der Waals surface area contributed by atoms with E-state index in [4.69, 9.17) is 9.47 Å². The van der Waals surface area contributed by atoms with Crippen molar-refractivity contribution >= 4 is 21.9 Å². The summed E-state index contributed by atoms with van der Waals surface area (Å²) in [4.78, 5) is 6.64. The largest absolute Gasteiger partial charge is 0.488 e. The lowest BCUT2D eigenvalue weighted by Gasteiger charge is -2.26. The summed E-state index contributed by atoms with van der Waals surface area (Å²) in [6.45, 7) is 8.24. The summed E-state index contributed by atoms with van der Waals surface area (Å²) in [7, 11) is 1.78. The van der Waals surface area contributed by atoms with Crippen LogP contribution in [0.4, 0.5) is 0 Å². The first kappa shape index (κ1) is 19.0. The Morgan fingerprint density at radius 3 is 2.79 bits per heavy atom. The fourth-order valence-electron chi connectivity index (χ4n) is 2.42. The van der Waals surface area contributed by atoms with Crippen molar-refractivity contribution in [1.82, 2.24) is 15.5 Å². The Morgan fingerprint density at radius 2 is 2.08 bits per heavy atom. The number of nitrogens with one attached hydrogen (secondary N) is 2. The molecule has 2 rings (SSSR count). The highest BCUT2D eigenvalue weighted by Crippen LogP contribution is 2.24. The van der Waals surface area contributed by atoms with Gasteiger partial charge in [0.05, 0.1) is 24.2 Å². The summed E-state index contributed by atoms with van der Waals surface area (Å²) in [5.74, 6) is 1.65. The zero-order valence-corrected chi connectivity index (χ0v) is 16.0. The summed E-state index contributed by atoms with van der Waals surface area (Å²) in [5, 5.41) is 6.64. The molecule has 7 heteroatoms. The molecule has 1 unspecified atom stereocenters. The molecule has 134 valence electrons. The Kier molecular flexibility index (Phi) is 8.35. The molecule has 0 saturated carbocycles. The van der Waals surface area contributed by atoms with Crippen molar-refractivity contribution in [1.29, 1.82) is 0 Å². The standard InChI is InChI=1S/C17H27BrN4O2/c1-14(24-16-6-4-3-5-15(16)18)13-21-17(19-2)20-7-8-22-9-11-23-12-10-22/h3-6,14H,7-13H2,1-2H3,(H2,19,20,21). The van der Waals surface area contributed by atoms with Gasteiger partial charge < -0.3 is 20.1 Å². The minimum atomic E-state index is 0.0292. The second kappa shape index (κ2) is 10.5. The van der Waals surface area contributed by atoms with E-state index in [1.54, 1.807) is 7.05 Å². The molecule has 0 aliphatic carbocycles. The molecule has 1 heterocycles. The van der Waals surface area contributed by atoms with Gasteiger partial charge in [-0.25, -0.2) is 0 Å². The number of morpholine rings is 1. The van der Waals surface area contributed by atoms with Gasteiger partial charge >= 0.3 is 0 Å². The molecule has 24 heavy (non-hydrogen) atoms. The number of guanidine groups is 1. The average Bonchev–Trinajstić information content (AvgIpc) is 2.61. The van der Waals surface area contributed by atoms with Crippen molar-refractivity contribution in [3.8, 4) is 5.75 Å². The summed E-state index contributed by atoms with van der Waals surface area (Å²) >= 11 is 3.50. The summed E-state index contributed by atoms with van der Waals surface area (Å²) in [6, 6.07) is 7.87. The van der Waals surface area contributed by atoms with E-state index in [9.17, 15) is 0 Å². The molecule has 1 aromatic rings. The summed E-state index contributed by atoms with van der Waals surface area (Å²) in [6.07, 6.45) is 0.0292. The molecule has 1 aliphatic heterocycles. The third-order valence-electron chi connectivity index (χ3n) is 3.77. The number of ether oxygens (including phenoxy) is 2. The van der Waals surface area contributed by atoms with Gasteiger partial charge in [-0.15, -0.1) is 0 Å². The van der Waals surface area contributed by atoms with Crippen molar-refractivity contribution in [3.63, 3.8) is 0 Å². The average molecular weight is 399 g/mol. The molecule has 1 atom stereocenters. The van der Waals surface area contributed by atoms with Crippen molar-refractivity contribution in [3.05, 3.63) is 28.7 Å². The van der Waals surface area contributed by atoms with Crippen LogP contribution in [-0.2, 0) is 4.74 Å². The maximum atomic E-state index is 5.93. The van der Waals surface area contributed by atoms with E-state index in [0.717, 1.165) is 55.6 Å². The maximum absolute atomic E-state index is 5.93. The minimum absolute atomic E-state index is 0.0292. The Morgan fingerprint density at radius 1 is 1.33 bits per heavy atom. The molecule has 0 amide bonds. The second-order valence-corrected chi connectivity index (χ2v) is 6.55. The maximum Gasteiger partial charge on any atom is 0.191 e. The molecule has 1 saturated heterocycles. The van der Waals surface area contributed by atoms with Gasteiger partial charge in [-0.2, -0.15) is 0 Å². The van der Waals surface area contributed by atoms with Crippen LogP contribution in [-0.4, -0.2) is 69.9 Å². The first-order valence-electron chi connectivity index (χ1n) is 8.35. The van der Waals surface area contributed by atoms with Crippen LogP contribution in [0, 0.1) is 0 Å². The van der Waals surface area contributed by atoms with Crippen LogP contribution >= 0.6 is 15.9 Å². The molecule has 1 aliphatic rings. The van der Waals surface area contributed by atoms with Crippen molar-refractivity contribution < 1.29 is 9.47 Å². The van der Waals surface area contributed by atoms with E-state index in [1.165, 1.54) is 0 Å². The smallest absolute Gasteiger partial charge is 0.191 e. The number of aliphatic imine (C=N–C) groups is 1. The second-order valence-electron chi connectivity index (χ2n) is 5.69. The zero-order chi connectivity index (χ0) is 17.2. The highest BCUT2D eigenvalue weighted by Gasteiger charge is 2.10. The fourth-order valence-corrected chi connectivity index (χ4v) is 2.80. The zero-order valence-electron chi connectivity index (χ0n) is 14.4. The molecule has 1 aromatic carbocycles. The third kappa shape index (κ3) is 6.67. The number of para-hydroxylation sites is 1. The number of nitrogens with zero attached hydrogens (tertiary/aromatic N) is 2. The van der Waals surface area contributed by atoms with Crippen LogP contribution in [0.3, 0.4) is 0 Å². The van der Waals surface area contributed by atoms with Crippen LogP contribution in [0.5, 0.6) is 5.75 Å². The van der Waals surface area contributed by atoms with Gasteiger partial charge in [-0.05, 0) is 35.0 Å². The number of benzene rings is 1. The van der Waals surface area contributed by atoms with Gasteiger partial charge in [0.2, 0.25) is 0 Å². The van der Waals surface area contributed by atoms with Crippen LogP contribution in [0.15, 0.2) is 33.7 Å². The number of halogens is 1. The molecule has 2 N–H and O–H groups in total. The van der Waals surface area contributed by atoms with Gasteiger partial charge in [-0.1, -0.05) is 12.1 Å². The lowest BCUT2D eigenvalue weighted by Crippen LogP contribution is -2.46. The van der Waals surface area contributed by atoms with E-state index >= 15 is 0 Å². The first-order valence-corrected chi connectivity index (χ1v) is 9.14. The van der Waals surface area contributed by atoms with Crippen molar-refractivity contribution in [2.75, 3.05) is 53.0 Å². The van der Waals surface area contributed by atoms with Crippen molar-refractivity contribution in [2.24, 2.45) is 4.99 Å². The lowest BCUT2D eigenvalue weighted by molar-refractivity contribution is 0.0389. The Labute approximate surface area is 152 Å². The topological polar surface area (TPSA) is 58.1 Å². The van der Waals surface area contributed by atoms with E-state index < -0.39 is 0 Å². The lowest BCUT2D eigenvalue weighted by atomic mass is 10.3. The van der Waals surface area contributed by atoms with Crippen molar-refractivity contribution in [2.45, 2.75) is 13.0 Å². The van der Waals surface area contributed by atoms with Gasteiger partial charge in [0.25, 0.3) is 0 Å². The Balaban J connectivity index is 1.66. The number of hydrogen-bond donors (Lipinski definition) is 2. The Bertz CT molecular complexity index is 521. The van der Waals surface area contributed by atoms with E-state index in [-0.39, 0.29) is 6.10 Å². The van der Waals surface area contributed by atoms with E-state index in [1.807, 2.05) is 31.2 Å². The van der Waals surface area contributed by atoms with Gasteiger partial charge in [0.1, 0.15) is 11.9 Å². The van der Waals surface area contributed by atoms with E-state index in [2.05, 4.69) is 36.5 Å². The molecular weight excluding hydrogens is 372 g/mol. The van der Waals surface area contributed by atoms with E-state index in [0.29, 0.717) is 6.54 Å². The molecule has 6 nitrogen and oxygen atoms in total. The number of rotatable bonds is 7. The quantitative estimate of drug-likeness (QED) is 0.540.